The van der Waals surface area contributed by atoms with Crippen LogP contribution in [0.3, 0.4) is 0 Å². The van der Waals surface area contributed by atoms with Crippen LogP contribution in [0.15, 0.2) is 53.4 Å². The second-order valence-corrected chi connectivity index (χ2v) is 9.91. The third kappa shape index (κ3) is 6.94. The number of halogens is 3. The van der Waals surface area contributed by atoms with E-state index >= 15 is 0 Å². The van der Waals surface area contributed by atoms with Crippen LogP contribution in [0.25, 0.3) is 0 Å². The third-order valence-corrected chi connectivity index (χ3v) is 7.42. The molecule has 6 nitrogen and oxygen atoms in total. The van der Waals surface area contributed by atoms with Gasteiger partial charge in [-0.15, -0.1) is 0 Å². The number of benzene rings is 2. The number of sulfonamides is 1. The lowest BCUT2D eigenvalue weighted by molar-refractivity contribution is -0.162. The van der Waals surface area contributed by atoms with Crippen molar-refractivity contribution in [2.75, 3.05) is 26.7 Å². The highest BCUT2D eigenvalue weighted by Crippen LogP contribution is 2.23. The van der Waals surface area contributed by atoms with Gasteiger partial charge in [0.25, 0.3) is 0 Å². The third-order valence-electron chi connectivity index (χ3n) is 5.51. The van der Waals surface area contributed by atoms with Gasteiger partial charge in [0.1, 0.15) is 12.3 Å². The number of alkyl halides is 3. The molecule has 1 fully saturated rings. The molecule has 1 saturated heterocycles. The van der Waals surface area contributed by atoms with E-state index in [9.17, 15) is 26.4 Å². The van der Waals surface area contributed by atoms with Gasteiger partial charge in [-0.3, -0.25) is 4.79 Å². The number of aryl methyl sites for hydroxylation is 1. The number of carbonyl (C=O) groups is 1. The Hall–Kier alpha value is -2.59. The fourth-order valence-corrected chi connectivity index (χ4v) is 5.23. The largest absolute Gasteiger partial charge is 0.497 e. The first-order chi connectivity index (χ1) is 15.6. The Morgan fingerprint density at radius 2 is 1.58 bits per heavy atom. The summed E-state index contributed by atoms with van der Waals surface area (Å²) in [5.74, 6) is -0.0560. The predicted molar refractivity (Wildman–Crippen MR) is 117 cm³/mol. The second-order valence-electron chi connectivity index (χ2n) is 7.97. The Labute approximate surface area is 192 Å². The highest BCUT2D eigenvalue weighted by atomic mass is 32.2. The van der Waals surface area contributed by atoms with E-state index in [2.05, 4.69) is 0 Å². The van der Waals surface area contributed by atoms with E-state index in [4.69, 9.17) is 4.74 Å². The van der Waals surface area contributed by atoms with Gasteiger partial charge < -0.3 is 9.64 Å². The zero-order valence-electron chi connectivity index (χ0n) is 18.3. The fourth-order valence-electron chi connectivity index (χ4n) is 3.72. The molecule has 33 heavy (non-hydrogen) atoms. The summed E-state index contributed by atoms with van der Waals surface area (Å²) >= 11 is 0. The van der Waals surface area contributed by atoms with Crippen LogP contribution in [0, 0.1) is 0 Å². The monoisotopic (exact) mass is 484 g/mol. The van der Waals surface area contributed by atoms with Gasteiger partial charge in [0.05, 0.1) is 12.0 Å². The summed E-state index contributed by atoms with van der Waals surface area (Å²) < 4.78 is 70.9. The first kappa shape index (κ1) is 25.0. The Bertz CT molecular complexity index is 1030. The summed E-state index contributed by atoms with van der Waals surface area (Å²) in [6.07, 6.45) is -2.76. The number of nitrogens with zero attached hydrogens (tertiary/aromatic N) is 2. The van der Waals surface area contributed by atoms with E-state index in [0.29, 0.717) is 30.0 Å². The SMILES string of the molecule is COc1ccc(CN(CC(F)(F)F)C(=O)CCc2ccc(S(=O)(=O)N3CCCC3)cc2)cc1. The quantitative estimate of drug-likeness (QED) is 0.540. The van der Waals surface area contributed by atoms with Crippen LogP contribution in [0.4, 0.5) is 13.2 Å². The van der Waals surface area contributed by atoms with Gasteiger partial charge in [-0.25, -0.2) is 8.42 Å². The minimum Gasteiger partial charge on any atom is -0.497 e. The molecule has 0 radical (unpaired) electrons. The summed E-state index contributed by atoms with van der Waals surface area (Å²) in [6.45, 7) is -0.510. The molecule has 1 amide bonds. The molecular formula is C23H27F3N2O4S. The molecule has 180 valence electrons. The van der Waals surface area contributed by atoms with Crippen molar-refractivity contribution in [1.29, 1.82) is 0 Å². The lowest BCUT2D eigenvalue weighted by Crippen LogP contribution is -2.38. The highest BCUT2D eigenvalue weighted by Gasteiger charge is 2.33. The van der Waals surface area contributed by atoms with Crippen LogP contribution in [-0.2, 0) is 27.8 Å². The average Bonchev–Trinajstić information content (AvgIpc) is 3.33. The minimum atomic E-state index is -4.52. The summed E-state index contributed by atoms with van der Waals surface area (Å²) in [5, 5.41) is 0. The molecule has 0 unspecified atom stereocenters. The van der Waals surface area contributed by atoms with Crippen LogP contribution in [0.2, 0.25) is 0 Å². The zero-order chi connectivity index (χ0) is 24.1. The molecule has 2 aromatic carbocycles. The predicted octanol–water partition coefficient (Wildman–Crippen LogP) is 4.00. The number of rotatable bonds is 9. The Kier molecular flexibility index (Phi) is 8.01. The van der Waals surface area contributed by atoms with Gasteiger partial charge >= 0.3 is 6.18 Å². The van der Waals surface area contributed by atoms with Gasteiger partial charge in [-0.05, 0) is 54.7 Å². The van der Waals surface area contributed by atoms with Gasteiger partial charge in [0.15, 0.2) is 0 Å². The number of amides is 1. The molecule has 1 aliphatic rings. The molecule has 2 aromatic rings. The molecule has 10 heteroatoms. The normalized spacial score (nSPS) is 14.9. The summed E-state index contributed by atoms with van der Waals surface area (Å²) in [5.41, 5.74) is 1.24. The molecule has 0 aromatic heterocycles. The highest BCUT2D eigenvalue weighted by molar-refractivity contribution is 7.89. The van der Waals surface area contributed by atoms with Crippen molar-refractivity contribution in [1.82, 2.24) is 9.21 Å². The molecule has 0 aliphatic carbocycles. The topological polar surface area (TPSA) is 66.9 Å². The molecule has 0 atom stereocenters. The smallest absolute Gasteiger partial charge is 0.406 e. The van der Waals surface area contributed by atoms with Crippen molar-refractivity contribution >= 4 is 15.9 Å². The zero-order valence-corrected chi connectivity index (χ0v) is 19.2. The molecular weight excluding hydrogens is 457 g/mol. The number of hydrogen-bond donors (Lipinski definition) is 0. The van der Waals surface area contributed by atoms with E-state index in [1.807, 2.05) is 0 Å². The molecule has 1 aliphatic heterocycles. The van der Waals surface area contributed by atoms with Crippen molar-refractivity contribution in [2.45, 2.75) is 43.3 Å². The van der Waals surface area contributed by atoms with Crippen molar-refractivity contribution in [3.05, 3.63) is 59.7 Å². The van der Waals surface area contributed by atoms with Gasteiger partial charge in [-0.2, -0.15) is 17.5 Å². The second kappa shape index (κ2) is 10.6. The fraction of sp³-hybridized carbons (Fsp3) is 0.435. The first-order valence-electron chi connectivity index (χ1n) is 10.6. The van der Waals surface area contributed by atoms with Crippen LogP contribution < -0.4 is 4.74 Å². The minimum absolute atomic E-state index is 0.121. The lowest BCUT2D eigenvalue weighted by atomic mass is 10.1. The van der Waals surface area contributed by atoms with Crippen LogP contribution in [0.1, 0.15) is 30.4 Å². The Morgan fingerprint density at radius 3 is 2.12 bits per heavy atom. The molecule has 3 rings (SSSR count). The standard InChI is InChI=1S/C23H27F3N2O4S/c1-32-20-9-4-19(5-10-20)16-27(17-23(24,25)26)22(29)13-8-18-6-11-21(12-7-18)33(30,31)28-14-2-3-15-28/h4-7,9-12H,2-3,8,13-17H2,1H3. The molecule has 0 bridgehead atoms. The summed E-state index contributed by atoms with van der Waals surface area (Å²) in [6, 6.07) is 12.7. The molecule has 0 spiro atoms. The molecule has 1 heterocycles. The van der Waals surface area contributed by atoms with Crippen molar-refractivity contribution in [3.63, 3.8) is 0 Å². The maximum absolute atomic E-state index is 13.1. The molecule has 0 saturated carbocycles. The van der Waals surface area contributed by atoms with E-state index in [1.165, 1.54) is 23.5 Å². The summed E-state index contributed by atoms with van der Waals surface area (Å²) in [7, 11) is -2.05. The van der Waals surface area contributed by atoms with Gasteiger partial charge in [0.2, 0.25) is 15.9 Å². The number of methoxy groups -OCH3 is 1. The van der Waals surface area contributed by atoms with Crippen LogP contribution in [0.5, 0.6) is 5.75 Å². The summed E-state index contributed by atoms with van der Waals surface area (Å²) in [4.78, 5) is 13.6. The average molecular weight is 485 g/mol. The molecule has 0 N–H and O–H groups in total. The first-order valence-corrected chi connectivity index (χ1v) is 12.1. The Morgan fingerprint density at radius 1 is 1.00 bits per heavy atom. The van der Waals surface area contributed by atoms with Gasteiger partial charge in [-0.1, -0.05) is 24.3 Å². The van der Waals surface area contributed by atoms with Crippen LogP contribution >= 0.6 is 0 Å². The number of hydrogen-bond acceptors (Lipinski definition) is 4. The van der Waals surface area contributed by atoms with Crippen LogP contribution in [-0.4, -0.2) is 56.5 Å². The number of ether oxygens (including phenoxy) is 1. The van der Waals surface area contributed by atoms with Crippen molar-refractivity contribution in [2.24, 2.45) is 0 Å². The maximum Gasteiger partial charge on any atom is 0.406 e. The van der Waals surface area contributed by atoms with E-state index < -0.39 is 28.7 Å². The lowest BCUT2D eigenvalue weighted by Gasteiger charge is -2.24. The maximum atomic E-state index is 13.1. The van der Waals surface area contributed by atoms with Crippen molar-refractivity contribution in [3.8, 4) is 5.75 Å². The van der Waals surface area contributed by atoms with E-state index in [-0.39, 0.29) is 24.3 Å². The van der Waals surface area contributed by atoms with Gasteiger partial charge in [0, 0.05) is 26.1 Å². The van der Waals surface area contributed by atoms with E-state index in [0.717, 1.165) is 17.7 Å². The Balaban J connectivity index is 1.63. The van der Waals surface area contributed by atoms with Crippen molar-refractivity contribution < 1.29 is 31.1 Å². The van der Waals surface area contributed by atoms with E-state index in [1.54, 1.807) is 36.4 Å². The number of carbonyl (C=O) groups excluding carboxylic acids is 1.